The number of hydrogen-bond acceptors (Lipinski definition) is 4. The van der Waals surface area contributed by atoms with Crippen LogP contribution in [0.15, 0.2) is 30.6 Å². The number of rotatable bonds is 5. The van der Waals surface area contributed by atoms with Crippen molar-refractivity contribution in [2.75, 3.05) is 0 Å². The summed E-state index contributed by atoms with van der Waals surface area (Å²) in [6, 6.07) is 4.77. The average molecular weight is 309 g/mol. The highest BCUT2D eigenvalue weighted by Gasteiger charge is 2.21. The molecule has 0 aromatic carbocycles. The fourth-order valence-corrected chi connectivity index (χ4v) is 3.72. The van der Waals surface area contributed by atoms with Gasteiger partial charge in [-0.1, -0.05) is 6.07 Å². The summed E-state index contributed by atoms with van der Waals surface area (Å²) < 4.78 is 38.9. The molecule has 2 heterocycles. The molecule has 21 heavy (non-hydrogen) atoms. The molecule has 0 atom stereocenters. The average Bonchev–Trinajstić information content (AvgIpc) is 2.77. The van der Waals surface area contributed by atoms with Gasteiger partial charge in [0.15, 0.2) is 9.84 Å². The van der Waals surface area contributed by atoms with Crippen LogP contribution in [-0.4, -0.2) is 23.2 Å². The quantitative estimate of drug-likeness (QED) is 0.795. The summed E-state index contributed by atoms with van der Waals surface area (Å²) in [6.45, 7) is 0. The largest absolute Gasteiger partial charge is 0.269 e. The van der Waals surface area contributed by atoms with E-state index in [0.717, 1.165) is 18.9 Å². The second-order valence-corrected chi connectivity index (χ2v) is 7.46. The highest BCUT2D eigenvalue weighted by Crippen LogP contribution is 2.30. The lowest BCUT2D eigenvalue weighted by Crippen LogP contribution is -2.18. The predicted octanol–water partition coefficient (Wildman–Crippen LogP) is 2.26. The van der Waals surface area contributed by atoms with Gasteiger partial charge in [0.1, 0.15) is 0 Å². The Bertz CT molecular complexity index is 721. The molecule has 1 aliphatic carbocycles. The summed E-state index contributed by atoms with van der Waals surface area (Å²) in [5.74, 6) is -0.879. The Morgan fingerprint density at radius 3 is 2.67 bits per heavy atom. The molecule has 0 spiro atoms. The van der Waals surface area contributed by atoms with Crippen LogP contribution < -0.4 is 0 Å². The van der Waals surface area contributed by atoms with E-state index in [4.69, 9.17) is 0 Å². The minimum Gasteiger partial charge on any atom is -0.269 e. The van der Waals surface area contributed by atoms with E-state index in [0.29, 0.717) is 17.3 Å². The second-order valence-electron chi connectivity index (χ2n) is 5.39. The van der Waals surface area contributed by atoms with Crippen molar-refractivity contribution in [2.45, 2.75) is 36.8 Å². The molecule has 3 rings (SSSR count). The highest BCUT2D eigenvalue weighted by molar-refractivity contribution is 7.89. The van der Waals surface area contributed by atoms with Crippen molar-refractivity contribution in [1.82, 2.24) is 14.8 Å². The SMILES string of the molecule is O=S(=O)(Cc1ccc(F)nc1)Cc1ccn(C2CCC2)n1. The number of halogens is 1. The highest BCUT2D eigenvalue weighted by atomic mass is 32.2. The topological polar surface area (TPSA) is 64.8 Å². The molecule has 0 N–H and O–H groups in total. The molecule has 0 bridgehead atoms. The van der Waals surface area contributed by atoms with Gasteiger partial charge in [-0.05, 0) is 37.0 Å². The zero-order valence-electron chi connectivity index (χ0n) is 11.4. The molecule has 7 heteroatoms. The van der Waals surface area contributed by atoms with Gasteiger partial charge in [0.05, 0.1) is 23.2 Å². The summed E-state index contributed by atoms with van der Waals surface area (Å²) >= 11 is 0. The lowest BCUT2D eigenvalue weighted by molar-refractivity contribution is 0.288. The normalized spacial score (nSPS) is 15.9. The predicted molar refractivity (Wildman–Crippen MR) is 75.6 cm³/mol. The first-order valence-electron chi connectivity index (χ1n) is 6.87. The molecule has 112 valence electrons. The number of aromatic nitrogens is 3. The van der Waals surface area contributed by atoms with E-state index in [-0.39, 0.29) is 11.5 Å². The molecule has 1 saturated carbocycles. The first kappa shape index (κ1) is 14.2. The van der Waals surface area contributed by atoms with E-state index in [1.807, 2.05) is 10.9 Å². The van der Waals surface area contributed by atoms with Crippen molar-refractivity contribution in [1.29, 1.82) is 0 Å². The molecule has 0 saturated heterocycles. The van der Waals surface area contributed by atoms with Crippen molar-refractivity contribution in [3.8, 4) is 0 Å². The fraction of sp³-hybridized carbons (Fsp3) is 0.429. The van der Waals surface area contributed by atoms with Crippen molar-refractivity contribution in [3.63, 3.8) is 0 Å². The maximum Gasteiger partial charge on any atom is 0.212 e. The second kappa shape index (κ2) is 5.55. The van der Waals surface area contributed by atoms with Gasteiger partial charge >= 0.3 is 0 Å². The zero-order chi connectivity index (χ0) is 14.9. The van der Waals surface area contributed by atoms with E-state index >= 15 is 0 Å². The Balaban J connectivity index is 1.67. The Kier molecular flexibility index (Phi) is 3.75. The van der Waals surface area contributed by atoms with Crippen LogP contribution in [0.2, 0.25) is 0 Å². The van der Waals surface area contributed by atoms with Crippen LogP contribution in [-0.2, 0) is 21.3 Å². The lowest BCUT2D eigenvalue weighted by Gasteiger charge is -2.25. The van der Waals surface area contributed by atoms with Crippen LogP contribution in [0.3, 0.4) is 0 Å². The third-order valence-corrected chi connectivity index (χ3v) is 5.16. The molecule has 2 aromatic heterocycles. The first-order valence-corrected chi connectivity index (χ1v) is 8.69. The van der Waals surface area contributed by atoms with Crippen LogP contribution in [0, 0.1) is 5.95 Å². The molecular formula is C14H16FN3O2S. The third kappa shape index (κ3) is 3.47. The summed E-state index contributed by atoms with van der Waals surface area (Å²) in [5, 5.41) is 4.34. The van der Waals surface area contributed by atoms with Crippen LogP contribution in [0.4, 0.5) is 4.39 Å². The monoisotopic (exact) mass is 309 g/mol. The maximum atomic E-state index is 12.7. The Morgan fingerprint density at radius 2 is 2.05 bits per heavy atom. The molecule has 1 fully saturated rings. The van der Waals surface area contributed by atoms with Gasteiger partial charge in [-0.15, -0.1) is 0 Å². The van der Waals surface area contributed by atoms with Crippen molar-refractivity contribution in [3.05, 3.63) is 47.8 Å². The molecule has 0 radical (unpaired) electrons. The van der Waals surface area contributed by atoms with E-state index in [1.54, 1.807) is 6.07 Å². The van der Waals surface area contributed by atoms with Crippen molar-refractivity contribution >= 4 is 9.84 Å². The molecule has 0 aliphatic heterocycles. The molecule has 2 aromatic rings. The lowest BCUT2D eigenvalue weighted by atomic mass is 9.93. The molecule has 0 unspecified atom stereocenters. The van der Waals surface area contributed by atoms with E-state index in [9.17, 15) is 12.8 Å². The number of sulfone groups is 1. The maximum absolute atomic E-state index is 12.7. The van der Waals surface area contributed by atoms with Crippen LogP contribution >= 0.6 is 0 Å². The van der Waals surface area contributed by atoms with Gasteiger partial charge in [0, 0.05) is 12.4 Å². The van der Waals surface area contributed by atoms with Gasteiger partial charge < -0.3 is 0 Å². The van der Waals surface area contributed by atoms with Gasteiger partial charge in [-0.3, -0.25) is 4.68 Å². The van der Waals surface area contributed by atoms with E-state index in [2.05, 4.69) is 10.1 Å². The smallest absolute Gasteiger partial charge is 0.212 e. The van der Waals surface area contributed by atoms with E-state index < -0.39 is 15.8 Å². The number of pyridine rings is 1. The zero-order valence-corrected chi connectivity index (χ0v) is 12.3. The van der Waals surface area contributed by atoms with Gasteiger partial charge in [0.25, 0.3) is 0 Å². The van der Waals surface area contributed by atoms with Crippen LogP contribution in [0.25, 0.3) is 0 Å². The molecule has 5 nitrogen and oxygen atoms in total. The molecule has 1 aliphatic rings. The van der Waals surface area contributed by atoms with Gasteiger partial charge in [-0.25, -0.2) is 13.4 Å². The number of hydrogen-bond donors (Lipinski definition) is 0. The van der Waals surface area contributed by atoms with Crippen molar-refractivity contribution in [2.24, 2.45) is 0 Å². The first-order chi connectivity index (χ1) is 10.0. The Morgan fingerprint density at radius 1 is 1.24 bits per heavy atom. The minimum atomic E-state index is -3.34. The molecular weight excluding hydrogens is 293 g/mol. The standard InChI is InChI=1S/C14H16FN3O2S/c15-14-5-4-11(8-16-14)9-21(19,20)10-12-6-7-18(17-12)13-2-1-3-13/h4-8,13H,1-3,9-10H2. The summed E-state index contributed by atoms with van der Waals surface area (Å²) in [5.41, 5.74) is 1.03. The Hall–Kier alpha value is -1.76. The van der Waals surface area contributed by atoms with Gasteiger partial charge in [-0.2, -0.15) is 9.49 Å². The summed E-state index contributed by atoms with van der Waals surface area (Å²) in [7, 11) is -3.34. The summed E-state index contributed by atoms with van der Waals surface area (Å²) in [4.78, 5) is 3.47. The van der Waals surface area contributed by atoms with E-state index in [1.165, 1.54) is 18.7 Å². The number of nitrogens with zero attached hydrogens (tertiary/aromatic N) is 3. The Labute approximate surface area is 122 Å². The minimum absolute atomic E-state index is 0.107. The van der Waals surface area contributed by atoms with Gasteiger partial charge in [0.2, 0.25) is 5.95 Å². The van der Waals surface area contributed by atoms with Crippen LogP contribution in [0.1, 0.15) is 36.6 Å². The summed E-state index contributed by atoms with van der Waals surface area (Å²) in [6.07, 6.45) is 6.51. The third-order valence-electron chi connectivity index (χ3n) is 3.66. The molecule has 0 amide bonds. The fourth-order valence-electron chi connectivity index (χ4n) is 2.33. The van der Waals surface area contributed by atoms with Crippen LogP contribution in [0.5, 0.6) is 0 Å². The van der Waals surface area contributed by atoms with Crippen molar-refractivity contribution < 1.29 is 12.8 Å².